The van der Waals surface area contributed by atoms with Crippen molar-refractivity contribution in [3.05, 3.63) is 11.8 Å². The summed E-state index contributed by atoms with van der Waals surface area (Å²) in [6.07, 6.45) is 6.91. The summed E-state index contributed by atoms with van der Waals surface area (Å²) in [4.78, 5) is 22.6. The van der Waals surface area contributed by atoms with Crippen LogP contribution < -0.4 is 11.1 Å². The third-order valence-electron chi connectivity index (χ3n) is 4.24. The van der Waals surface area contributed by atoms with Crippen molar-refractivity contribution < 1.29 is 14.7 Å². The third kappa shape index (κ3) is 7.40. The van der Waals surface area contributed by atoms with Crippen molar-refractivity contribution in [2.24, 2.45) is 17.1 Å². The summed E-state index contributed by atoms with van der Waals surface area (Å²) in [5, 5.41) is 11.7. The molecule has 1 aliphatic rings. The molecule has 0 aromatic carbocycles. The summed E-state index contributed by atoms with van der Waals surface area (Å²) in [7, 11) is 0. The van der Waals surface area contributed by atoms with Crippen LogP contribution in [0.4, 0.5) is 0 Å². The molecule has 6 heteroatoms. The molecule has 0 spiro atoms. The first-order valence-corrected chi connectivity index (χ1v) is 9.49. The molecule has 0 aromatic rings. The number of amides is 1. The molecule has 0 saturated heterocycles. The lowest BCUT2D eigenvalue weighted by Gasteiger charge is -2.09. The zero-order chi connectivity index (χ0) is 17.5. The van der Waals surface area contributed by atoms with Crippen molar-refractivity contribution in [2.75, 3.05) is 11.5 Å². The highest BCUT2D eigenvalue weighted by Gasteiger charge is 2.50. The molecule has 1 rings (SSSR count). The molecule has 0 radical (unpaired) electrons. The fourth-order valence-corrected chi connectivity index (χ4v) is 3.32. The summed E-state index contributed by atoms with van der Waals surface area (Å²) >= 11 is 1.58. The first-order chi connectivity index (χ1) is 10.8. The number of nitrogens with two attached hydrogens (primary N) is 1. The van der Waals surface area contributed by atoms with Crippen LogP contribution in [0.1, 0.15) is 52.9 Å². The molecule has 1 aliphatic carbocycles. The van der Waals surface area contributed by atoms with Crippen LogP contribution >= 0.6 is 11.8 Å². The lowest BCUT2D eigenvalue weighted by molar-refractivity contribution is -0.137. The van der Waals surface area contributed by atoms with Gasteiger partial charge in [0, 0.05) is 17.4 Å². The number of thioether (sulfide) groups is 1. The average Bonchev–Trinajstić information content (AvgIpc) is 3.13. The summed E-state index contributed by atoms with van der Waals surface area (Å²) in [6, 6.07) is -0.770. The summed E-state index contributed by atoms with van der Waals surface area (Å²) in [5.74, 6) is 0.744. The molecule has 2 unspecified atom stereocenters. The van der Waals surface area contributed by atoms with Crippen molar-refractivity contribution in [3.63, 3.8) is 0 Å². The van der Waals surface area contributed by atoms with E-state index in [1.54, 1.807) is 11.8 Å². The second kappa shape index (κ2) is 9.33. The van der Waals surface area contributed by atoms with Crippen molar-refractivity contribution in [2.45, 2.75) is 58.9 Å². The molecule has 4 N–H and O–H groups in total. The predicted octanol–water partition coefficient (Wildman–Crippen LogP) is 2.76. The van der Waals surface area contributed by atoms with Crippen LogP contribution in [0, 0.1) is 11.3 Å². The molecular formula is C17H30N2O3S. The number of carboxylic acid groups (broad SMARTS) is 1. The van der Waals surface area contributed by atoms with Crippen LogP contribution in [0.2, 0.25) is 0 Å². The fourth-order valence-electron chi connectivity index (χ4n) is 2.35. The van der Waals surface area contributed by atoms with Crippen LogP contribution in [0.15, 0.2) is 11.8 Å². The van der Waals surface area contributed by atoms with E-state index >= 15 is 0 Å². The molecule has 0 aromatic heterocycles. The summed E-state index contributed by atoms with van der Waals surface area (Å²) in [6.45, 7) is 6.30. The van der Waals surface area contributed by atoms with Crippen LogP contribution in [-0.4, -0.2) is 34.5 Å². The number of carbonyl (C=O) groups excluding carboxylic acids is 1. The van der Waals surface area contributed by atoms with E-state index in [2.05, 4.69) is 25.2 Å². The number of hydrogen-bond donors (Lipinski definition) is 3. The van der Waals surface area contributed by atoms with Gasteiger partial charge in [0.1, 0.15) is 6.04 Å². The lowest BCUT2D eigenvalue weighted by Crippen LogP contribution is -2.32. The second-order valence-corrected chi connectivity index (χ2v) is 7.98. The van der Waals surface area contributed by atoms with E-state index in [0.717, 1.165) is 43.6 Å². The van der Waals surface area contributed by atoms with Gasteiger partial charge in [-0.1, -0.05) is 26.8 Å². The van der Waals surface area contributed by atoms with Crippen molar-refractivity contribution >= 4 is 23.6 Å². The maximum Gasteiger partial charge on any atom is 0.321 e. The zero-order valence-corrected chi connectivity index (χ0v) is 15.2. The number of hydrogen-bond acceptors (Lipinski definition) is 4. The minimum absolute atomic E-state index is 0.154. The van der Waals surface area contributed by atoms with Gasteiger partial charge in [-0.2, -0.15) is 11.8 Å². The molecular weight excluding hydrogens is 312 g/mol. The molecule has 1 amide bonds. The SMILES string of the molecule is CC/C(=C/CCCCSCC(N)C(=O)O)NC(=O)C1CC1(C)C. The maximum atomic E-state index is 12.1. The second-order valence-electron chi connectivity index (χ2n) is 6.83. The Bertz CT molecular complexity index is 449. The van der Waals surface area contributed by atoms with Gasteiger partial charge in [0.05, 0.1) is 0 Å². The maximum absolute atomic E-state index is 12.1. The Labute approximate surface area is 143 Å². The Balaban J connectivity index is 2.14. The van der Waals surface area contributed by atoms with Gasteiger partial charge in [-0.3, -0.25) is 9.59 Å². The van der Waals surface area contributed by atoms with Gasteiger partial charge in [-0.15, -0.1) is 0 Å². The van der Waals surface area contributed by atoms with Crippen molar-refractivity contribution in [1.82, 2.24) is 5.32 Å². The van der Waals surface area contributed by atoms with Gasteiger partial charge < -0.3 is 16.2 Å². The first-order valence-electron chi connectivity index (χ1n) is 8.34. The van der Waals surface area contributed by atoms with Gasteiger partial charge >= 0.3 is 5.97 Å². The smallest absolute Gasteiger partial charge is 0.321 e. The normalized spacial score (nSPS) is 20.9. The number of rotatable bonds is 11. The number of unbranched alkanes of at least 4 members (excludes halogenated alkanes) is 2. The monoisotopic (exact) mass is 342 g/mol. The molecule has 23 heavy (non-hydrogen) atoms. The Hall–Kier alpha value is -1.01. The molecule has 1 fully saturated rings. The van der Waals surface area contributed by atoms with E-state index in [1.807, 2.05) is 6.92 Å². The van der Waals surface area contributed by atoms with E-state index in [-0.39, 0.29) is 17.2 Å². The average molecular weight is 343 g/mol. The standard InChI is InChI=1S/C17H30N2O3S/c1-4-12(19-15(20)13-10-17(13,2)3)8-6-5-7-9-23-11-14(18)16(21)22/h8,13-14H,4-7,9-11,18H2,1-3H3,(H,19,20)(H,21,22)/b12-8-. The van der Waals surface area contributed by atoms with Crippen LogP contribution in [-0.2, 0) is 9.59 Å². The van der Waals surface area contributed by atoms with Crippen molar-refractivity contribution in [1.29, 1.82) is 0 Å². The minimum Gasteiger partial charge on any atom is -0.480 e. The van der Waals surface area contributed by atoms with Gasteiger partial charge in [0.2, 0.25) is 5.91 Å². The first kappa shape index (κ1) is 20.0. The predicted molar refractivity (Wildman–Crippen MR) is 95.2 cm³/mol. The highest BCUT2D eigenvalue weighted by molar-refractivity contribution is 7.99. The number of allylic oxidation sites excluding steroid dienone is 2. The van der Waals surface area contributed by atoms with Crippen LogP contribution in [0.25, 0.3) is 0 Å². The number of nitrogens with one attached hydrogen (secondary N) is 1. The Morgan fingerprint density at radius 3 is 2.61 bits per heavy atom. The number of aliphatic carboxylic acids is 1. The topological polar surface area (TPSA) is 92.4 Å². The lowest BCUT2D eigenvalue weighted by atomic mass is 10.1. The molecule has 1 saturated carbocycles. The van der Waals surface area contributed by atoms with E-state index in [0.29, 0.717) is 5.75 Å². The Morgan fingerprint density at radius 2 is 2.09 bits per heavy atom. The van der Waals surface area contributed by atoms with Gasteiger partial charge in [-0.05, 0) is 43.3 Å². The summed E-state index contributed by atoms with van der Waals surface area (Å²) in [5.41, 5.74) is 6.62. The van der Waals surface area contributed by atoms with E-state index in [1.165, 1.54) is 0 Å². The van der Waals surface area contributed by atoms with Gasteiger partial charge in [-0.25, -0.2) is 0 Å². The molecule has 0 bridgehead atoms. The number of carboxylic acids is 1. The van der Waals surface area contributed by atoms with Gasteiger partial charge in [0.15, 0.2) is 0 Å². The fraction of sp³-hybridized carbons (Fsp3) is 0.765. The molecule has 0 heterocycles. The molecule has 2 atom stereocenters. The molecule has 0 aliphatic heterocycles. The third-order valence-corrected chi connectivity index (χ3v) is 5.41. The van der Waals surface area contributed by atoms with E-state index in [9.17, 15) is 9.59 Å². The number of carbonyl (C=O) groups is 2. The minimum atomic E-state index is -0.942. The zero-order valence-electron chi connectivity index (χ0n) is 14.4. The molecule has 132 valence electrons. The highest BCUT2D eigenvalue weighted by Crippen LogP contribution is 2.51. The summed E-state index contributed by atoms with van der Waals surface area (Å²) < 4.78 is 0. The van der Waals surface area contributed by atoms with Crippen LogP contribution in [0.5, 0.6) is 0 Å². The highest BCUT2D eigenvalue weighted by atomic mass is 32.2. The Kier molecular flexibility index (Phi) is 8.12. The van der Waals surface area contributed by atoms with Crippen LogP contribution in [0.3, 0.4) is 0 Å². The van der Waals surface area contributed by atoms with Crippen molar-refractivity contribution in [3.8, 4) is 0 Å². The molecule has 5 nitrogen and oxygen atoms in total. The van der Waals surface area contributed by atoms with Gasteiger partial charge in [0.25, 0.3) is 0 Å². The largest absolute Gasteiger partial charge is 0.480 e. The Morgan fingerprint density at radius 1 is 1.43 bits per heavy atom. The van der Waals surface area contributed by atoms with E-state index < -0.39 is 12.0 Å². The quantitative estimate of drug-likeness (QED) is 0.502. The van der Waals surface area contributed by atoms with E-state index in [4.69, 9.17) is 10.8 Å².